The van der Waals surface area contributed by atoms with Crippen molar-refractivity contribution < 1.29 is 19.4 Å². The number of rotatable bonds is 3. The summed E-state index contributed by atoms with van der Waals surface area (Å²) in [6.45, 7) is 9.42. The lowest BCUT2D eigenvalue weighted by Gasteiger charge is -2.49. The zero-order chi connectivity index (χ0) is 15.6. The first-order valence-electron chi connectivity index (χ1n) is 7.20. The summed E-state index contributed by atoms with van der Waals surface area (Å²) in [6, 6.07) is 0. The van der Waals surface area contributed by atoms with Gasteiger partial charge in [0.2, 0.25) is 0 Å². The van der Waals surface area contributed by atoms with E-state index in [2.05, 4.69) is 5.32 Å². The number of carboxylic acid groups (broad SMARTS) is 1. The zero-order valence-corrected chi connectivity index (χ0v) is 13.2. The number of carbonyl (C=O) groups is 2. The minimum atomic E-state index is -0.893. The summed E-state index contributed by atoms with van der Waals surface area (Å²) in [5.41, 5.74) is -1.59. The van der Waals surface area contributed by atoms with Crippen LogP contribution < -0.4 is 5.32 Å². The maximum absolute atomic E-state index is 12.1. The van der Waals surface area contributed by atoms with E-state index in [0.717, 1.165) is 19.3 Å². The molecule has 5 heteroatoms. The van der Waals surface area contributed by atoms with Gasteiger partial charge in [-0.2, -0.15) is 0 Å². The normalized spacial score (nSPS) is 25.9. The van der Waals surface area contributed by atoms with Gasteiger partial charge in [0.05, 0.1) is 12.0 Å². The monoisotopic (exact) mass is 285 g/mol. The van der Waals surface area contributed by atoms with Crippen LogP contribution in [0.1, 0.15) is 66.7 Å². The summed E-state index contributed by atoms with van der Waals surface area (Å²) in [7, 11) is 0. The van der Waals surface area contributed by atoms with Crippen LogP contribution in [-0.4, -0.2) is 28.3 Å². The standard InChI is InChI=1S/C15H27NO4/c1-13(2,3)20-12(19)16-15(10-11(17)18)9-7-6-8-14(15,4)5/h6-10H2,1-5H3,(H,16,19)(H,17,18). The van der Waals surface area contributed by atoms with Gasteiger partial charge in [-0.3, -0.25) is 4.79 Å². The number of ether oxygens (including phenoxy) is 1. The lowest BCUT2D eigenvalue weighted by Crippen LogP contribution is -2.61. The average molecular weight is 285 g/mol. The molecule has 0 heterocycles. The van der Waals surface area contributed by atoms with E-state index in [1.54, 1.807) is 20.8 Å². The molecule has 1 rings (SSSR count). The molecule has 116 valence electrons. The molecular weight excluding hydrogens is 258 g/mol. The number of alkyl carbamates (subject to hydrolysis) is 1. The molecule has 0 aromatic heterocycles. The second kappa shape index (κ2) is 5.62. The molecule has 1 saturated carbocycles. The number of nitrogens with one attached hydrogen (secondary N) is 1. The van der Waals surface area contributed by atoms with Crippen LogP contribution in [-0.2, 0) is 9.53 Å². The zero-order valence-electron chi connectivity index (χ0n) is 13.2. The van der Waals surface area contributed by atoms with Crippen molar-refractivity contribution in [2.24, 2.45) is 5.41 Å². The van der Waals surface area contributed by atoms with Crippen LogP contribution in [0, 0.1) is 5.41 Å². The van der Waals surface area contributed by atoms with Crippen molar-refractivity contribution in [2.45, 2.75) is 77.9 Å². The molecule has 1 fully saturated rings. The highest BCUT2D eigenvalue weighted by molar-refractivity contribution is 5.73. The largest absolute Gasteiger partial charge is 0.481 e. The van der Waals surface area contributed by atoms with E-state index in [4.69, 9.17) is 4.74 Å². The number of carboxylic acids is 1. The smallest absolute Gasteiger partial charge is 0.408 e. The molecule has 1 unspecified atom stereocenters. The van der Waals surface area contributed by atoms with Crippen molar-refractivity contribution in [3.63, 3.8) is 0 Å². The molecule has 0 bridgehead atoms. The molecule has 1 aliphatic carbocycles. The number of amides is 1. The maximum atomic E-state index is 12.1. The molecule has 20 heavy (non-hydrogen) atoms. The predicted octanol–water partition coefficient (Wildman–Crippen LogP) is 3.32. The van der Waals surface area contributed by atoms with E-state index < -0.39 is 23.2 Å². The Morgan fingerprint density at radius 2 is 1.75 bits per heavy atom. The molecule has 1 atom stereocenters. The molecule has 0 aromatic carbocycles. The second-order valence-electron chi connectivity index (χ2n) is 7.37. The summed E-state index contributed by atoms with van der Waals surface area (Å²) in [4.78, 5) is 23.3. The van der Waals surface area contributed by atoms with Gasteiger partial charge in [-0.15, -0.1) is 0 Å². The van der Waals surface area contributed by atoms with Gasteiger partial charge < -0.3 is 15.2 Å². The Kier molecular flexibility index (Phi) is 4.72. The summed E-state index contributed by atoms with van der Waals surface area (Å²) in [5.74, 6) is -0.893. The van der Waals surface area contributed by atoms with Gasteiger partial charge in [-0.1, -0.05) is 26.7 Å². The fourth-order valence-electron chi connectivity index (χ4n) is 2.93. The highest BCUT2D eigenvalue weighted by atomic mass is 16.6. The van der Waals surface area contributed by atoms with E-state index in [1.807, 2.05) is 13.8 Å². The van der Waals surface area contributed by atoms with Crippen molar-refractivity contribution >= 4 is 12.1 Å². The Hall–Kier alpha value is -1.26. The fraction of sp³-hybridized carbons (Fsp3) is 0.867. The predicted molar refractivity (Wildman–Crippen MR) is 76.6 cm³/mol. The van der Waals surface area contributed by atoms with Crippen LogP contribution >= 0.6 is 0 Å². The average Bonchev–Trinajstić information content (AvgIpc) is 2.18. The van der Waals surface area contributed by atoms with Gasteiger partial charge in [0, 0.05) is 0 Å². The van der Waals surface area contributed by atoms with Gasteiger partial charge in [0.1, 0.15) is 5.60 Å². The van der Waals surface area contributed by atoms with E-state index >= 15 is 0 Å². The van der Waals surface area contributed by atoms with Crippen molar-refractivity contribution in [2.75, 3.05) is 0 Å². The molecule has 0 spiro atoms. The number of hydrogen-bond donors (Lipinski definition) is 2. The third-order valence-electron chi connectivity index (χ3n) is 4.14. The van der Waals surface area contributed by atoms with Gasteiger partial charge in [-0.25, -0.2) is 4.79 Å². The number of aliphatic carboxylic acids is 1. The quantitative estimate of drug-likeness (QED) is 0.834. The molecule has 1 aliphatic rings. The van der Waals surface area contributed by atoms with Gasteiger partial charge in [0.25, 0.3) is 0 Å². The fourth-order valence-corrected chi connectivity index (χ4v) is 2.93. The Balaban J connectivity index is 2.94. The summed E-state index contributed by atoms with van der Waals surface area (Å²) >= 11 is 0. The molecule has 0 radical (unpaired) electrons. The molecular formula is C15H27NO4. The Morgan fingerprint density at radius 1 is 1.20 bits per heavy atom. The minimum absolute atomic E-state index is 0.0702. The summed E-state index contributed by atoms with van der Waals surface area (Å²) in [6.07, 6.45) is 2.95. The van der Waals surface area contributed by atoms with E-state index in [9.17, 15) is 14.7 Å². The Morgan fingerprint density at radius 3 is 2.20 bits per heavy atom. The summed E-state index contributed by atoms with van der Waals surface area (Å²) in [5, 5.41) is 12.1. The topological polar surface area (TPSA) is 75.6 Å². The van der Waals surface area contributed by atoms with Crippen LogP contribution in [0.2, 0.25) is 0 Å². The highest BCUT2D eigenvalue weighted by Gasteiger charge is 2.49. The Bertz CT molecular complexity index is 384. The van der Waals surface area contributed by atoms with Crippen molar-refractivity contribution in [1.29, 1.82) is 0 Å². The first-order valence-corrected chi connectivity index (χ1v) is 7.20. The third kappa shape index (κ3) is 4.12. The van der Waals surface area contributed by atoms with Crippen LogP contribution in [0.3, 0.4) is 0 Å². The van der Waals surface area contributed by atoms with Gasteiger partial charge in [0.15, 0.2) is 0 Å². The molecule has 0 aliphatic heterocycles. The molecule has 1 amide bonds. The SMILES string of the molecule is CC(C)(C)OC(=O)NC1(CC(=O)O)CCCCC1(C)C. The second-order valence-corrected chi connectivity index (χ2v) is 7.37. The first-order chi connectivity index (χ1) is 8.97. The molecule has 0 aromatic rings. The molecule has 0 saturated heterocycles. The van der Waals surface area contributed by atoms with Gasteiger partial charge in [-0.05, 0) is 39.0 Å². The van der Waals surface area contributed by atoms with Gasteiger partial charge >= 0.3 is 12.1 Å². The third-order valence-corrected chi connectivity index (χ3v) is 4.14. The van der Waals surface area contributed by atoms with Crippen LogP contribution in [0.15, 0.2) is 0 Å². The van der Waals surface area contributed by atoms with Crippen molar-refractivity contribution in [3.05, 3.63) is 0 Å². The first kappa shape index (κ1) is 16.8. The molecule has 2 N–H and O–H groups in total. The lowest BCUT2D eigenvalue weighted by molar-refractivity contribution is -0.141. The highest BCUT2D eigenvalue weighted by Crippen LogP contribution is 2.46. The van der Waals surface area contributed by atoms with E-state index in [-0.39, 0.29) is 11.8 Å². The molecule has 5 nitrogen and oxygen atoms in total. The number of hydrogen-bond acceptors (Lipinski definition) is 3. The lowest BCUT2D eigenvalue weighted by atomic mass is 9.61. The van der Waals surface area contributed by atoms with Crippen LogP contribution in [0.25, 0.3) is 0 Å². The van der Waals surface area contributed by atoms with E-state index in [0.29, 0.717) is 6.42 Å². The minimum Gasteiger partial charge on any atom is -0.481 e. The summed E-state index contributed by atoms with van der Waals surface area (Å²) < 4.78 is 5.30. The van der Waals surface area contributed by atoms with Crippen LogP contribution in [0.4, 0.5) is 4.79 Å². The van der Waals surface area contributed by atoms with Crippen molar-refractivity contribution in [1.82, 2.24) is 5.32 Å². The maximum Gasteiger partial charge on any atom is 0.408 e. The van der Waals surface area contributed by atoms with E-state index in [1.165, 1.54) is 0 Å². The number of carbonyl (C=O) groups excluding carboxylic acids is 1. The van der Waals surface area contributed by atoms with Crippen molar-refractivity contribution in [3.8, 4) is 0 Å². The Labute approximate surface area is 121 Å². The van der Waals surface area contributed by atoms with Crippen LogP contribution in [0.5, 0.6) is 0 Å².